The fourth-order valence-corrected chi connectivity index (χ4v) is 11.0. The lowest BCUT2D eigenvalue weighted by Crippen LogP contribution is -2.25. The number of H-pyrrole nitrogens is 2. The van der Waals surface area contributed by atoms with Gasteiger partial charge in [0.05, 0.1) is 73.6 Å². The van der Waals surface area contributed by atoms with Gasteiger partial charge < -0.3 is 15.3 Å². The molecular formula is C66H34F12N6. The summed E-state index contributed by atoms with van der Waals surface area (Å²) < 4.78 is 196. The van der Waals surface area contributed by atoms with E-state index in [9.17, 15) is 0 Å². The Labute approximate surface area is 468 Å². The van der Waals surface area contributed by atoms with E-state index in [-0.39, 0.29) is 95.4 Å². The molecule has 0 amide bonds. The van der Waals surface area contributed by atoms with E-state index in [1.807, 2.05) is 0 Å². The summed E-state index contributed by atoms with van der Waals surface area (Å²) in [5.74, 6) is -13.1. The van der Waals surface area contributed by atoms with Crippen LogP contribution in [0.2, 0.25) is 0 Å². The molecule has 0 fully saturated rings. The van der Waals surface area contributed by atoms with Gasteiger partial charge in [-0.1, -0.05) is 42.5 Å². The van der Waals surface area contributed by atoms with Gasteiger partial charge in [0.1, 0.15) is 69.8 Å². The van der Waals surface area contributed by atoms with Gasteiger partial charge in [0.25, 0.3) is 0 Å². The molecule has 1 atom stereocenters. The van der Waals surface area contributed by atoms with Crippen LogP contribution in [0.3, 0.4) is 0 Å². The third-order valence-corrected chi connectivity index (χ3v) is 14.6. The van der Waals surface area contributed by atoms with E-state index in [2.05, 4.69) is 15.3 Å². The van der Waals surface area contributed by atoms with Crippen LogP contribution in [0.1, 0.15) is 44.8 Å². The zero-order valence-corrected chi connectivity index (χ0v) is 42.8. The number of nitrogens with one attached hydrogen (secondary N) is 3. The maximum Gasteiger partial charge on any atom is 0.134 e. The summed E-state index contributed by atoms with van der Waals surface area (Å²) in [4.78, 5) is 20.3. The molecule has 0 saturated heterocycles. The minimum Gasteiger partial charge on any atom is -0.374 e. The summed E-state index contributed by atoms with van der Waals surface area (Å²) >= 11 is 0. The normalized spacial score (nSPS) is 21.3. The fourth-order valence-electron chi connectivity index (χ4n) is 11.0. The van der Waals surface area contributed by atoms with Gasteiger partial charge in [-0.3, -0.25) is 0 Å². The molecule has 5 aliphatic heterocycles. The standard InChI is InChI=1S/C66H34F12N6/c67-31-7-1-8-32(68)55(31)61-43-19-21-45(79-43)62(56-33(69)9-2-10-34(56)70)47-23-25-49(81-47)64(58-37(73)13-4-14-38(58)74)51-27-29-53(83-51)66(60-41(77)17-6-18-42(60)78)54-30-28-52(84-54)65(59-39(75)15-5-16-40(59)76)50-26-24-48(82-50)63(46-22-20-44(61)80-46)57-35(71)11-3-12-36(57)72/h1-30,43,79,81-82H/b61-44+,62-45+,63-48-,64-51+,65-50-,66-54+. The number of nitrogens with zero attached hydrogens (tertiary/aromatic N) is 3. The Morgan fingerprint density at radius 3 is 1.04 bits per heavy atom. The molecular weight excluding hydrogens is 1100 g/mol. The quantitative estimate of drug-likeness (QED) is 0.143. The Hall–Kier alpha value is -10.5. The smallest absolute Gasteiger partial charge is 0.134 e. The highest BCUT2D eigenvalue weighted by Gasteiger charge is 2.34. The summed E-state index contributed by atoms with van der Waals surface area (Å²) in [5, 5.41) is 2.88. The Morgan fingerprint density at radius 2 is 0.607 bits per heavy atom. The van der Waals surface area contributed by atoms with Crippen molar-refractivity contribution in [1.82, 2.24) is 15.3 Å². The number of rotatable bonds is 6. The summed E-state index contributed by atoms with van der Waals surface area (Å²) in [6.45, 7) is 0. The van der Waals surface area contributed by atoms with E-state index in [0.717, 1.165) is 109 Å². The number of aliphatic imine (C=N–C) groups is 3. The van der Waals surface area contributed by atoms with E-state index < -0.39 is 109 Å². The van der Waals surface area contributed by atoms with E-state index in [1.165, 1.54) is 72.9 Å². The average Bonchev–Trinajstić information content (AvgIpc) is 2.64. The van der Waals surface area contributed by atoms with Crippen molar-refractivity contribution in [1.29, 1.82) is 0 Å². The molecule has 2 aromatic heterocycles. The number of hydrogen-bond donors (Lipinski definition) is 3. The van der Waals surface area contributed by atoms with Gasteiger partial charge in [-0.25, -0.2) is 67.7 Å². The molecule has 3 N–H and O–H groups in total. The van der Waals surface area contributed by atoms with Crippen molar-refractivity contribution >= 4 is 50.6 Å². The third-order valence-electron chi connectivity index (χ3n) is 14.6. The number of benzene rings is 6. The molecule has 5 aliphatic rings. The predicted octanol–water partition coefficient (Wildman–Crippen LogP) is 14.0. The molecule has 6 aromatic carbocycles. The van der Waals surface area contributed by atoms with Gasteiger partial charge in [-0.15, -0.1) is 0 Å². The molecule has 8 aromatic rings. The van der Waals surface area contributed by atoms with Crippen molar-refractivity contribution in [2.75, 3.05) is 0 Å². The first kappa shape index (κ1) is 52.9. The molecule has 84 heavy (non-hydrogen) atoms. The Kier molecular flexibility index (Phi) is 13.1. The van der Waals surface area contributed by atoms with Gasteiger partial charge >= 0.3 is 0 Å². The number of allylic oxidation sites excluding steroid dienone is 8. The van der Waals surface area contributed by atoms with Gasteiger partial charge in [0, 0.05) is 61.2 Å². The molecule has 0 radical (unpaired) electrons. The van der Waals surface area contributed by atoms with Crippen molar-refractivity contribution in [3.05, 3.63) is 330 Å². The highest BCUT2D eigenvalue weighted by Crippen LogP contribution is 2.42. The van der Waals surface area contributed by atoms with Gasteiger partial charge in [0.2, 0.25) is 0 Å². The first-order valence-corrected chi connectivity index (χ1v) is 25.7. The molecule has 6 nitrogen and oxygen atoms in total. The third kappa shape index (κ3) is 8.93. The van der Waals surface area contributed by atoms with E-state index in [1.54, 1.807) is 0 Å². The first-order chi connectivity index (χ1) is 40.6. The van der Waals surface area contributed by atoms with Crippen LogP contribution in [-0.4, -0.2) is 33.1 Å². The van der Waals surface area contributed by atoms with E-state index >= 15 is 52.7 Å². The van der Waals surface area contributed by atoms with Crippen LogP contribution >= 0.6 is 0 Å². The van der Waals surface area contributed by atoms with Crippen molar-refractivity contribution in [3.8, 4) is 0 Å². The van der Waals surface area contributed by atoms with Crippen molar-refractivity contribution < 1.29 is 52.7 Å². The topological polar surface area (TPSA) is 80.7 Å². The van der Waals surface area contributed by atoms with Crippen LogP contribution in [0, 0.1) is 69.8 Å². The number of hydrogen-bond acceptors (Lipinski definition) is 4. The van der Waals surface area contributed by atoms with Crippen LogP contribution in [0.25, 0.3) is 33.4 Å². The molecule has 7 heterocycles. The summed E-state index contributed by atoms with van der Waals surface area (Å²) in [7, 11) is 0. The second-order valence-corrected chi connectivity index (χ2v) is 19.5. The molecule has 1 unspecified atom stereocenters. The maximum absolute atomic E-state index is 16.4. The van der Waals surface area contributed by atoms with Crippen LogP contribution in [0.5, 0.6) is 0 Å². The minimum absolute atomic E-state index is 0.0640. The minimum atomic E-state index is -1.31. The zero-order chi connectivity index (χ0) is 58.2. The monoisotopic (exact) mass is 1140 g/mol. The van der Waals surface area contributed by atoms with Crippen LogP contribution in [0.15, 0.2) is 220 Å². The molecule has 0 saturated carbocycles. The molecule has 0 spiro atoms. The number of aromatic amines is 2. The molecule has 13 rings (SSSR count). The number of fused-ring (bicyclic) bond motifs is 9. The second-order valence-electron chi connectivity index (χ2n) is 19.5. The van der Waals surface area contributed by atoms with Gasteiger partial charge in [0.15, 0.2) is 0 Å². The number of halogens is 12. The lowest BCUT2D eigenvalue weighted by atomic mass is 9.95. The van der Waals surface area contributed by atoms with Crippen molar-refractivity contribution in [2.24, 2.45) is 15.0 Å². The lowest BCUT2D eigenvalue weighted by Gasteiger charge is -2.20. The zero-order valence-electron chi connectivity index (χ0n) is 42.8. The van der Waals surface area contributed by atoms with E-state index in [4.69, 9.17) is 15.0 Å². The Bertz CT molecular complexity index is 4610. The van der Waals surface area contributed by atoms with Gasteiger partial charge in [-0.05, 0) is 140 Å². The largest absolute Gasteiger partial charge is 0.374 e. The highest BCUT2D eigenvalue weighted by atomic mass is 19.2. The predicted molar refractivity (Wildman–Crippen MR) is 296 cm³/mol. The molecule has 412 valence electrons. The van der Waals surface area contributed by atoms with E-state index in [0.29, 0.717) is 0 Å². The van der Waals surface area contributed by atoms with Crippen LogP contribution in [-0.2, 0) is 0 Å². The summed E-state index contributed by atoms with van der Waals surface area (Å²) in [5.41, 5.74) is -7.11. The highest BCUT2D eigenvalue weighted by molar-refractivity contribution is 6.35. The Balaban J connectivity index is 1.18. The molecule has 18 heteroatoms. The Morgan fingerprint density at radius 1 is 0.286 bits per heavy atom. The summed E-state index contributed by atoms with van der Waals surface area (Å²) in [6, 6.07) is 22.4. The second kappa shape index (κ2) is 20.8. The van der Waals surface area contributed by atoms with Crippen molar-refractivity contribution in [2.45, 2.75) is 6.04 Å². The SMILES string of the molecule is Fc1cccc(F)c1/C1=C2\C=CC(=N2)/C(c2c(F)cccc2F)=c2\cc/c([nH]2)=C(/c2c(F)cccc2F)C2=N/C(=C(/c3c(F)cccc3F)C3C=C/C(=C(\c4c(F)cccc4F)c4ccc([nH]4)/C(c4c(F)cccc4F)=C4/C=CC1=N4)N3)C=C2. The molecule has 12 bridgehead atoms. The lowest BCUT2D eigenvalue weighted by molar-refractivity contribution is 0.573. The average molecular weight is 1140 g/mol. The fraction of sp³-hybridized carbons (Fsp3) is 0.0152. The van der Waals surface area contributed by atoms with Gasteiger partial charge in [-0.2, -0.15) is 0 Å². The first-order valence-electron chi connectivity index (χ1n) is 25.7. The number of aromatic nitrogens is 2. The van der Waals surface area contributed by atoms with Crippen molar-refractivity contribution in [3.63, 3.8) is 0 Å². The van der Waals surface area contributed by atoms with Crippen LogP contribution in [0.4, 0.5) is 52.7 Å². The van der Waals surface area contributed by atoms with Crippen LogP contribution < -0.4 is 16.0 Å². The molecule has 0 aliphatic carbocycles. The summed E-state index contributed by atoms with van der Waals surface area (Å²) in [6.07, 6.45) is 10.6. The maximum atomic E-state index is 16.4.